The molecule has 0 fully saturated rings. The van der Waals surface area contributed by atoms with Crippen LogP contribution in [0, 0.1) is 0 Å². The van der Waals surface area contributed by atoms with E-state index in [1.165, 1.54) is 5.69 Å². The number of hydrogen-bond donors (Lipinski definition) is 2. The van der Waals surface area contributed by atoms with Crippen LogP contribution < -0.4 is 16.0 Å². The number of nitrogens with one attached hydrogen (secondary N) is 1. The Hall–Kier alpha value is -1.38. The Balaban J connectivity index is 2.95. The number of anilines is 3. The first-order valence-electron chi connectivity index (χ1n) is 5.61. The first-order chi connectivity index (χ1) is 7.22. The van der Waals surface area contributed by atoms with E-state index in [1.54, 1.807) is 0 Å². The molecule has 0 spiro atoms. The third-order valence-corrected chi connectivity index (χ3v) is 2.53. The van der Waals surface area contributed by atoms with Gasteiger partial charge in [-0.2, -0.15) is 0 Å². The molecule has 0 saturated heterocycles. The van der Waals surface area contributed by atoms with Crippen LogP contribution in [0.4, 0.5) is 17.1 Å². The fourth-order valence-corrected chi connectivity index (χ4v) is 1.67. The minimum Gasteiger partial charge on any atom is -0.397 e. The van der Waals surface area contributed by atoms with Gasteiger partial charge in [-0.1, -0.05) is 0 Å². The average Bonchev–Trinajstić information content (AvgIpc) is 2.25. The second-order valence-corrected chi connectivity index (χ2v) is 3.47. The summed E-state index contributed by atoms with van der Waals surface area (Å²) in [6, 6.07) is 6.15. The van der Waals surface area contributed by atoms with E-state index in [0.29, 0.717) is 0 Å². The van der Waals surface area contributed by atoms with Crippen molar-refractivity contribution in [2.24, 2.45) is 0 Å². The number of hydrogen-bond acceptors (Lipinski definition) is 3. The maximum absolute atomic E-state index is 5.88. The zero-order valence-corrected chi connectivity index (χ0v) is 9.88. The molecule has 3 N–H and O–H groups in total. The van der Waals surface area contributed by atoms with Crippen LogP contribution in [0.15, 0.2) is 18.2 Å². The Morgan fingerprint density at radius 3 is 2.40 bits per heavy atom. The van der Waals surface area contributed by atoms with E-state index >= 15 is 0 Å². The number of nitrogen functional groups attached to an aromatic ring is 1. The zero-order chi connectivity index (χ0) is 11.3. The summed E-state index contributed by atoms with van der Waals surface area (Å²) in [4.78, 5) is 2.31. The second kappa shape index (κ2) is 5.49. The smallest absolute Gasteiger partial charge is 0.0594 e. The van der Waals surface area contributed by atoms with Crippen molar-refractivity contribution in [1.82, 2.24) is 0 Å². The van der Waals surface area contributed by atoms with Gasteiger partial charge in [0.1, 0.15) is 0 Å². The van der Waals surface area contributed by atoms with E-state index in [1.807, 2.05) is 6.07 Å². The Morgan fingerprint density at radius 2 is 1.87 bits per heavy atom. The van der Waals surface area contributed by atoms with Crippen molar-refractivity contribution < 1.29 is 0 Å². The standard InChI is InChI=1S/C12H21N3/c1-4-14-12-9-10(7-8-11(12)13)15(5-2)6-3/h7-9,14H,4-6,13H2,1-3H3. The van der Waals surface area contributed by atoms with Crippen molar-refractivity contribution in [3.05, 3.63) is 18.2 Å². The van der Waals surface area contributed by atoms with Gasteiger partial charge in [0, 0.05) is 25.3 Å². The summed E-state index contributed by atoms with van der Waals surface area (Å²) in [6.07, 6.45) is 0. The average molecular weight is 207 g/mol. The summed E-state index contributed by atoms with van der Waals surface area (Å²) in [6.45, 7) is 9.33. The normalized spacial score (nSPS) is 10.1. The van der Waals surface area contributed by atoms with Gasteiger partial charge in [0.25, 0.3) is 0 Å². The van der Waals surface area contributed by atoms with Crippen molar-refractivity contribution in [3.63, 3.8) is 0 Å². The van der Waals surface area contributed by atoms with Crippen LogP contribution in [0.1, 0.15) is 20.8 Å². The van der Waals surface area contributed by atoms with Crippen LogP contribution in [0.3, 0.4) is 0 Å². The van der Waals surface area contributed by atoms with Crippen LogP contribution in [0.25, 0.3) is 0 Å². The summed E-state index contributed by atoms with van der Waals surface area (Å²) >= 11 is 0. The highest BCUT2D eigenvalue weighted by atomic mass is 15.1. The predicted molar refractivity (Wildman–Crippen MR) is 68.6 cm³/mol. The fraction of sp³-hybridized carbons (Fsp3) is 0.500. The maximum Gasteiger partial charge on any atom is 0.0594 e. The highest BCUT2D eigenvalue weighted by molar-refractivity contribution is 5.72. The van der Waals surface area contributed by atoms with E-state index in [-0.39, 0.29) is 0 Å². The number of nitrogens with zero attached hydrogens (tertiary/aromatic N) is 1. The van der Waals surface area contributed by atoms with Crippen LogP contribution in [0.5, 0.6) is 0 Å². The molecule has 3 heteroatoms. The van der Waals surface area contributed by atoms with Crippen LogP contribution in [-0.2, 0) is 0 Å². The van der Waals surface area contributed by atoms with Gasteiger partial charge in [0.15, 0.2) is 0 Å². The molecule has 0 radical (unpaired) electrons. The van der Waals surface area contributed by atoms with Crippen molar-refractivity contribution in [2.75, 3.05) is 35.6 Å². The monoisotopic (exact) mass is 207 g/mol. The molecule has 0 bridgehead atoms. The lowest BCUT2D eigenvalue weighted by Gasteiger charge is -2.22. The Bertz CT molecular complexity index is 306. The molecule has 0 heterocycles. The minimum absolute atomic E-state index is 0.813. The molecule has 0 amide bonds. The molecule has 0 aromatic heterocycles. The van der Waals surface area contributed by atoms with Gasteiger partial charge in [0.2, 0.25) is 0 Å². The van der Waals surface area contributed by atoms with Crippen molar-refractivity contribution in [1.29, 1.82) is 0 Å². The molecular formula is C12H21N3. The highest BCUT2D eigenvalue weighted by Gasteiger charge is 2.04. The summed E-state index contributed by atoms with van der Waals surface area (Å²) < 4.78 is 0. The van der Waals surface area contributed by atoms with Crippen molar-refractivity contribution >= 4 is 17.1 Å². The maximum atomic E-state index is 5.88. The topological polar surface area (TPSA) is 41.3 Å². The van der Waals surface area contributed by atoms with Gasteiger partial charge < -0.3 is 16.0 Å². The Labute approximate surface area is 92.3 Å². The molecule has 0 aliphatic carbocycles. The quantitative estimate of drug-likeness (QED) is 0.729. The van der Waals surface area contributed by atoms with E-state index in [2.05, 4.69) is 43.1 Å². The highest BCUT2D eigenvalue weighted by Crippen LogP contribution is 2.25. The summed E-state index contributed by atoms with van der Waals surface area (Å²) in [7, 11) is 0. The van der Waals surface area contributed by atoms with Gasteiger partial charge >= 0.3 is 0 Å². The first-order valence-corrected chi connectivity index (χ1v) is 5.61. The molecular weight excluding hydrogens is 186 g/mol. The lowest BCUT2D eigenvalue weighted by atomic mass is 10.2. The second-order valence-electron chi connectivity index (χ2n) is 3.47. The lowest BCUT2D eigenvalue weighted by Crippen LogP contribution is -2.21. The summed E-state index contributed by atoms with van der Waals surface area (Å²) in [5.74, 6) is 0. The molecule has 0 atom stereocenters. The number of nitrogens with two attached hydrogens (primary N) is 1. The number of benzene rings is 1. The SMILES string of the molecule is CCNc1cc(N(CC)CC)ccc1N. The molecule has 84 valence electrons. The molecule has 0 unspecified atom stereocenters. The van der Waals surface area contributed by atoms with Gasteiger partial charge in [-0.25, -0.2) is 0 Å². The fourth-order valence-electron chi connectivity index (χ4n) is 1.67. The first kappa shape index (κ1) is 11.7. The third kappa shape index (κ3) is 2.78. The molecule has 3 nitrogen and oxygen atoms in total. The van der Waals surface area contributed by atoms with Gasteiger partial charge in [-0.15, -0.1) is 0 Å². The zero-order valence-electron chi connectivity index (χ0n) is 9.88. The summed E-state index contributed by atoms with van der Waals surface area (Å²) in [5, 5.41) is 3.27. The Morgan fingerprint density at radius 1 is 1.20 bits per heavy atom. The van der Waals surface area contributed by atoms with E-state index in [4.69, 9.17) is 5.73 Å². The largest absolute Gasteiger partial charge is 0.397 e. The van der Waals surface area contributed by atoms with Crippen molar-refractivity contribution in [2.45, 2.75) is 20.8 Å². The Kier molecular flexibility index (Phi) is 4.28. The summed E-state index contributed by atoms with van der Waals surface area (Å²) in [5.41, 5.74) is 8.95. The van der Waals surface area contributed by atoms with E-state index < -0.39 is 0 Å². The minimum atomic E-state index is 0.813. The number of rotatable bonds is 5. The van der Waals surface area contributed by atoms with Gasteiger partial charge in [-0.05, 0) is 39.0 Å². The molecule has 1 rings (SSSR count). The molecule has 1 aromatic carbocycles. The van der Waals surface area contributed by atoms with Crippen LogP contribution in [0.2, 0.25) is 0 Å². The van der Waals surface area contributed by atoms with Crippen LogP contribution >= 0.6 is 0 Å². The molecule has 0 saturated carbocycles. The molecule has 1 aromatic rings. The van der Waals surface area contributed by atoms with Gasteiger partial charge in [0.05, 0.1) is 11.4 Å². The van der Waals surface area contributed by atoms with Crippen LogP contribution in [-0.4, -0.2) is 19.6 Å². The molecule has 0 aliphatic rings. The van der Waals surface area contributed by atoms with E-state index in [0.717, 1.165) is 31.0 Å². The lowest BCUT2D eigenvalue weighted by molar-refractivity contribution is 0.866. The third-order valence-electron chi connectivity index (χ3n) is 2.53. The van der Waals surface area contributed by atoms with E-state index in [9.17, 15) is 0 Å². The van der Waals surface area contributed by atoms with Crippen molar-refractivity contribution in [3.8, 4) is 0 Å². The molecule has 0 aliphatic heterocycles. The molecule has 15 heavy (non-hydrogen) atoms. The predicted octanol–water partition coefficient (Wildman–Crippen LogP) is 2.55. The van der Waals surface area contributed by atoms with Gasteiger partial charge in [-0.3, -0.25) is 0 Å².